The van der Waals surface area contributed by atoms with Crippen molar-refractivity contribution in [3.8, 4) is 11.3 Å². The van der Waals surface area contributed by atoms with Crippen LogP contribution in [-0.4, -0.2) is 10.1 Å². The number of benzene rings is 1. The predicted molar refractivity (Wildman–Crippen MR) is 61.7 cm³/mol. The molecule has 0 saturated heterocycles. The van der Waals surface area contributed by atoms with Crippen LogP contribution in [0.25, 0.3) is 22.2 Å². The van der Waals surface area contributed by atoms with E-state index in [9.17, 15) is 0 Å². The highest BCUT2D eigenvalue weighted by Crippen LogP contribution is 2.22. The number of nitrogens with two attached hydrogens (primary N) is 1. The van der Waals surface area contributed by atoms with Crippen LogP contribution in [0, 0.1) is 0 Å². The summed E-state index contributed by atoms with van der Waals surface area (Å²) in [6, 6.07) is 11.6. The fourth-order valence-corrected chi connectivity index (χ4v) is 1.64. The molecule has 3 rings (SSSR count). The van der Waals surface area contributed by atoms with Gasteiger partial charge in [-0.1, -0.05) is 23.4 Å². The summed E-state index contributed by atoms with van der Waals surface area (Å²) >= 11 is 0. The molecular formula is C12H9N3O. The molecule has 4 heteroatoms. The number of hydrogen-bond donors (Lipinski definition) is 1. The molecule has 0 aliphatic carbocycles. The first-order valence-electron chi connectivity index (χ1n) is 4.90. The van der Waals surface area contributed by atoms with Gasteiger partial charge in [0.25, 0.3) is 0 Å². The number of hydrogen-bond acceptors (Lipinski definition) is 4. The van der Waals surface area contributed by atoms with Gasteiger partial charge in [0.2, 0.25) is 5.88 Å². The van der Waals surface area contributed by atoms with Crippen molar-refractivity contribution in [2.45, 2.75) is 0 Å². The van der Waals surface area contributed by atoms with E-state index >= 15 is 0 Å². The first-order valence-corrected chi connectivity index (χ1v) is 4.90. The van der Waals surface area contributed by atoms with E-state index in [1.807, 2.05) is 30.3 Å². The normalized spacial score (nSPS) is 10.8. The number of aromatic nitrogens is 2. The van der Waals surface area contributed by atoms with Crippen molar-refractivity contribution in [2.24, 2.45) is 0 Å². The summed E-state index contributed by atoms with van der Waals surface area (Å²) in [5, 5.41) is 4.92. The molecule has 2 N–H and O–H groups in total. The zero-order valence-electron chi connectivity index (χ0n) is 8.42. The van der Waals surface area contributed by atoms with Crippen LogP contribution in [0.4, 0.5) is 5.88 Å². The predicted octanol–water partition coefficient (Wildman–Crippen LogP) is 2.47. The third-order valence-corrected chi connectivity index (χ3v) is 2.41. The minimum absolute atomic E-state index is 0.308. The van der Waals surface area contributed by atoms with Crippen molar-refractivity contribution in [1.29, 1.82) is 0 Å². The summed E-state index contributed by atoms with van der Waals surface area (Å²) in [6.45, 7) is 0. The highest BCUT2D eigenvalue weighted by atomic mass is 16.5. The van der Waals surface area contributed by atoms with Crippen LogP contribution in [0.3, 0.4) is 0 Å². The van der Waals surface area contributed by atoms with Crippen LogP contribution in [0.2, 0.25) is 0 Å². The molecule has 3 aromatic rings. The summed E-state index contributed by atoms with van der Waals surface area (Å²) < 4.78 is 4.83. The fraction of sp³-hybridized carbons (Fsp3) is 0. The Kier molecular flexibility index (Phi) is 1.86. The minimum Gasteiger partial charge on any atom is -0.368 e. The maximum absolute atomic E-state index is 5.48. The van der Waals surface area contributed by atoms with E-state index in [0.717, 1.165) is 16.5 Å². The Morgan fingerprint density at radius 1 is 1.12 bits per heavy atom. The lowest BCUT2D eigenvalue weighted by Gasteiger charge is -1.98. The highest BCUT2D eigenvalue weighted by molar-refractivity contribution is 5.82. The Balaban J connectivity index is 2.18. The van der Waals surface area contributed by atoms with E-state index in [1.165, 1.54) is 0 Å². The molecule has 0 bridgehead atoms. The Morgan fingerprint density at radius 2 is 2.00 bits per heavy atom. The van der Waals surface area contributed by atoms with Crippen LogP contribution < -0.4 is 5.73 Å². The molecule has 0 unspecified atom stereocenters. The van der Waals surface area contributed by atoms with Gasteiger partial charge in [-0.15, -0.1) is 0 Å². The van der Waals surface area contributed by atoms with Gasteiger partial charge < -0.3 is 10.3 Å². The van der Waals surface area contributed by atoms with Crippen LogP contribution in [-0.2, 0) is 0 Å². The van der Waals surface area contributed by atoms with Crippen molar-refractivity contribution in [3.05, 3.63) is 42.6 Å². The third kappa shape index (κ3) is 1.40. The quantitative estimate of drug-likeness (QED) is 0.671. The number of fused-ring (bicyclic) bond motifs is 1. The first-order chi connectivity index (χ1) is 7.83. The second-order valence-electron chi connectivity index (χ2n) is 3.53. The molecule has 0 amide bonds. The molecule has 2 aromatic heterocycles. The summed E-state index contributed by atoms with van der Waals surface area (Å²) in [4.78, 5) is 4.34. The lowest BCUT2D eigenvalue weighted by Crippen LogP contribution is -1.82. The topological polar surface area (TPSA) is 64.9 Å². The minimum atomic E-state index is 0.308. The summed E-state index contributed by atoms with van der Waals surface area (Å²) in [5.74, 6) is 0.308. The largest absolute Gasteiger partial charge is 0.368 e. The Hall–Kier alpha value is -2.36. The number of nitrogens with zero attached hydrogens (tertiary/aromatic N) is 2. The van der Waals surface area contributed by atoms with E-state index in [0.29, 0.717) is 11.6 Å². The van der Waals surface area contributed by atoms with Crippen LogP contribution in [0.1, 0.15) is 0 Å². The lowest BCUT2D eigenvalue weighted by atomic mass is 10.1. The van der Waals surface area contributed by atoms with Gasteiger partial charge in [-0.25, -0.2) is 0 Å². The average molecular weight is 211 g/mol. The van der Waals surface area contributed by atoms with Gasteiger partial charge >= 0.3 is 0 Å². The number of rotatable bonds is 1. The van der Waals surface area contributed by atoms with Gasteiger partial charge in [0.05, 0.1) is 5.52 Å². The molecule has 0 spiro atoms. The van der Waals surface area contributed by atoms with Crippen molar-refractivity contribution in [2.75, 3.05) is 5.73 Å². The van der Waals surface area contributed by atoms with Crippen molar-refractivity contribution >= 4 is 16.8 Å². The molecule has 0 aliphatic heterocycles. The van der Waals surface area contributed by atoms with Crippen LogP contribution >= 0.6 is 0 Å². The summed E-state index contributed by atoms with van der Waals surface area (Å²) in [7, 11) is 0. The van der Waals surface area contributed by atoms with Gasteiger partial charge in [0, 0.05) is 23.2 Å². The zero-order valence-corrected chi connectivity index (χ0v) is 8.42. The molecule has 16 heavy (non-hydrogen) atoms. The SMILES string of the molecule is Nc1cc(-c2cnc3ccccc3c2)no1. The maximum Gasteiger partial charge on any atom is 0.222 e. The van der Waals surface area contributed by atoms with Crippen LogP contribution in [0.15, 0.2) is 47.1 Å². The molecule has 4 nitrogen and oxygen atoms in total. The standard InChI is InChI=1S/C12H9N3O/c13-12-6-11(15-16-12)9-5-8-3-1-2-4-10(8)14-7-9/h1-7H,13H2. The highest BCUT2D eigenvalue weighted by Gasteiger charge is 2.05. The molecular weight excluding hydrogens is 202 g/mol. The van der Waals surface area contributed by atoms with E-state index in [-0.39, 0.29) is 0 Å². The maximum atomic E-state index is 5.48. The molecule has 0 saturated carbocycles. The fourth-order valence-electron chi connectivity index (χ4n) is 1.64. The second-order valence-corrected chi connectivity index (χ2v) is 3.53. The van der Waals surface area contributed by atoms with E-state index in [2.05, 4.69) is 10.1 Å². The van der Waals surface area contributed by atoms with Crippen LogP contribution in [0.5, 0.6) is 0 Å². The zero-order chi connectivity index (χ0) is 11.0. The molecule has 0 atom stereocenters. The molecule has 0 radical (unpaired) electrons. The molecule has 1 aromatic carbocycles. The van der Waals surface area contributed by atoms with Crippen molar-refractivity contribution in [1.82, 2.24) is 10.1 Å². The van der Waals surface area contributed by atoms with Crippen molar-refractivity contribution in [3.63, 3.8) is 0 Å². The van der Waals surface area contributed by atoms with E-state index in [1.54, 1.807) is 12.3 Å². The third-order valence-electron chi connectivity index (χ3n) is 2.41. The number of para-hydroxylation sites is 1. The molecule has 0 fully saturated rings. The van der Waals surface area contributed by atoms with Gasteiger partial charge in [0.15, 0.2) is 0 Å². The molecule has 2 heterocycles. The monoisotopic (exact) mass is 211 g/mol. The smallest absolute Gasteiger partial charge is 0.222 e. The summed E-state index contributed by atoms with van der Waals surface area (Å²) in [6.07, 6.45) is 1.76. The van der Waals surface area contributed by atoms with E-state index in [4.69, 9.17) is 10.3 Å². The van der Waals surface area contributed by atoms with Gasteiger partial charge in [-0.2, -0.15) is 0 Å². The Labute approximate surface area is 91.7 Å². The average Bonchev–Trinajstić information content (AvgIpc) is 2.75. The number of anilines is 1. The number of nitrogen functional groups attached to an aromatic ring is 1. The number of pyridine rings is 1. The van der Waals surface area contributed by atoms with Crippen molar-refractivity contribution < 1.29 is 4.52 Å². The lowest BCUT2D eigenvalue weighted by molar-refractivity contribution is 0.439. The van der Waals surface area contributed by atoms with Gasteiger partial charge in [0.1, 0.15) is 5.69 Å². The summed E-state index contributed by atoms with van der Waals surface area (Å²) in [5.41, 5.74) is 8.05. The molecule has 78 valence electrons. The Bertz CT molecular complexity index is 645. The van der Waals surface area contributed by atoms with E-state index < -0.39 is 0 Å². The Morgan fingerprint density at radius 3 is 2.81 bits per heavy atom. The first kappa shape index (κ1) is 8.91. The second kappa shape index (κ2) is 3.34. The van der Waals surface area contributed by atoms with Gasteiger partial charge in [-0.3, -0.25) is 4.98 Å². The molecule has 0 aliphatic rings. The van der Waals surface area contributed by atoms with Gasteiger partial charge in [-0.05, 0) is 12.1 Å².